The summed E-state index contributed by atoms with van der Waals surface area (Å²) >= 11 is 13.1. The summed E-state index contributed by atoms with van der Waals surface area (Å²) < 4.78 is 21.8. The van der Waals surface area contributed by atoms with Gasteiger partial charge in [0.05, 0.1) is 22.6 Å². The number of imidazole rings is 1. The smallest absolute Gasteiger partial charge is 0.348 e. The Bertz CT molecular complexity index is 1230. The van der Waals surface area contributed by atoms with E-state index in [-0.39, 0.29) is 46.0 Å². The molecule has 1 saturated heterocycles. The maximum Gasteiger partial charge on any atom is 0.348 e. The fourth-order valence-electron chi connectivity index (χ4n) is 3.72. The summed E-state index contributed by atoms with van der Waals surface area (Å²) in [6.45, 7) is 2.15. The van der Waals surface area contributed by atoms with Crippen LogP contribution >= 0.6 is 34.5 Å². The molecule has 0 aliphatic carbocycles. The highest BCUT2D eigenvalue weighted by Gasteiger charge is 2.34. The Morgan fingerprint density at radius 2 is 2.18 bits per heavy atom. The number of H-pyrrole nitrogens is 1. The summed E-state index contributed by atoms with van der Waals surface area (Å²) in [6, 6.07) is -0.749. The molecule has 10 nitrogen and oxygen atoms in total. The van der Waals surface area contributed by atoms with Gasteiger partial charge in [0.1, 0.15) is 29.2 Å². The van der Waals surface area contributed by atoms with Crippen molar-refractivity contribution in [3.8, 4) is 11.5 Å². The Hall–Kier alpha value is -2.67. The molecule has 0 aromatic carbocycles. The number of hydrogen-bond acceptors (Lipinski definition) is 7. The van der Waals surface area contributed by atoms with Crippen LogP contribution in [0.1, 0.15) is 32.3 Å². The predicted molar refractivity (Wildman–Crippen MR) is 126 cm³/mol. The number of carbonyl (C=O) groups excluding carboxylic acids is 1. The second kappa shape index (κ2) is 9.90. The molecular weight excluding hydrogens is 510 g/mol. The first-order valence-corrected chi connectivity index (χ1v) is 11.8. The number of carbonyl (C=O) groups is 2. The monoisotopic (exact) mass is 530 g/mol. The van der Waals surface area contributed by atoms with E-state index in [0.29, 0.717) is 23.2 Å². The van der Waals surface area contributed by atoms with Crippen molar-refractivity contribution in [2.45, 2.75) is 32.3 Å². The third-order valence-electron chi connectivity index (χ3n) is 5.42. The molecule has 0 bridgehead atoms. The minimum absolute atomic E-state index is 0.00183. The Morgan fingerprint density at radius 1 is 1.41 bits per heavy atom. The van der Waals surface area contributed by atoms with E-state index in [1.54, 1.807) is 22.6 Å². The van der Waals surface area contributed by atoms with Gasteiger partial charge in [0.2, 0.25) is 0 Å². The van der Waals surface area contributed by atoms with E-state index in [1.165, 1.54) is 13.3 Å². The summed E-state index contributed by atoms with van der Waals surface area (Å²) in [5.41, 5.74) is 0.818. The number of aromatic nitrogens is 4. The largest absolute Gasteiger partial charge is 0.477 e. The number of hydrogen-bond donors (Lipinski definition) is 3. The predicted octanol–water partition coefficient (Wildman–Crippen LogP) is 3.60. The first-order valence-electron chi connectivity index (χ1n) is 10.2. The molecule has 1 aliphatic rings. The zero-order chi connectivity index (χ0) is 24.6. The van der Waals surface area contributed by atoms with Crippen LogP contribution in [-0.2, 0) is 11.5 Å². The number of piperidine rings is 1. The first-order chi connectivity index (χ1) is 16.2. The van der Waals surface area contributed by atoms with Crippen LogP contribution in [0.4, 0.5) is 9.52 Å². The summed E-state index contributed by atoms with van der Waals surface area (Å²) in [7, 11) is 1.51. The van der Waals surface area contributed by atoms with Gasteiger partial charge in [0.15, 0.2) is 11.0 Å². The number of ether oxygens (including phenoxy) is 1. The Balaban J connectivity index is 1.50. The number of aryl methyl sites for hydroxylation is 1. The standard InChI is InChI=1S/C20H21Cl2FN6O4S/c1-9-12(21)13(22)14(25-9)18(30)26-11-3-5-28(7-10(11)23)20-27-15(16(34-20)19(31)32)17-24-4-6-29(17)8-33-2/h4,6,10-11,25H,3,5,7-8H2,1-2H3,(H,26,30)(H,31,32)/t10-,11+/m0/s1. The maximum atomic E-state index is 15.1. The lowest BCUT2D eigenvalue weighted by Gasteiger charge is -2.34. The number of amides is 1. The fourth-order valence-corrected chi connectivity index (χ4v) is 5.07. The van der Waals surface area contributed by atoms with Gasteiger partial charge < -0.3 is 29.6 Å². The van der Waals surface area contributed by atoms with Crippen molar-refractivity contribution >= 4 is 51.5 Å². The molecule has 3 N–H and O–H groups in total. The second-order valence-electron chi connectivity index (χ2n) is 7.70. The zero-order valence-electron chi connectivity index (χ0n) is 18.1. The summed E-state index contributed by atoms with van der Waals surface area (Å²) in [5, 5.41) is 13.0. The molecule has 4 rings (SSSR count). The van der Waals surface area contributed by atoms with Crippen LogP contribution < -0.4 is 10.2 Å². The number of anilines is 1. The SMILES string of the molecule is COCn1ccnc1-c1nc(N2CC[C@@H](NC(=O)c3[nH]c(C)c(Cl)c3Cl)[C@@H](F)C2)sc1C(=O)O. The van der Waals surface area contributed by atoms with Gasteiger partial charge in [0, 0.05) is 31.7 Å². The quantitative estimate of drug-likeness (QED) is 0.426. The summed E-state index contributed by atoms with van der Waals surface area (Å²) in [6.07, 6.45) is 2.04. The lowest BCUT2D eigenvalue weighted by atomic mass is 10.0. The van der Waals surface area contributed by atoms with Gasteiger partial charge in [-0.05, 0) is 13.3 Å². The Kier molecular flexibility index (Phi) is 7.12. The average molecular weight is 531 g/mol. The molecule has 1 aliphatic heterocycles. The van der Waals surface area contributed by atoms with Crippen LogP contribution in [0.2, 0.25) is 10.0 Å². The van der Waals surface area contributed by atoms with E-state index < -0.39 is 24.1 Å². The second-order valence-corrected chi connectivity index (χ2v) is 9.43. The highest BCUT2D eigenvalue weighted by molar-refractivity contribution is 7.17. The lowest BCUT2D eigenvalue weighted by Crippen LogP contribution is -2.52. The van der Waals surface area contributed by atoms with Crippen LogP contribution in [-0.4, -0.2) is 68.9 Å². The van der Waals surface area contributed by atoms with Crippen molar-refractivity contribution in [1.82, 2.24) is 24.8 Å². The molecule has 3 aromatic rings. The van der Waals surface area contributed by atoms with Gasteiger partial charge in [-0.3, -0.25) is 4.79 Å². The average Bonchev–Trinajstić information content (AvgIpc) is 3.50. The number of halogens is 3. The number of thiazole rings is 1. The number of aromatic amines is 1. The summed E-state index contributed by atoms with van der Waals surface area (Å²) in [4.78, 5) is 37.6. The van der Waals surface area contributed by atoms with E-state index in [2.05, 4.69) is 20.3 Å². The van der Waals surface area contributed by atoms with Crippen LogP contribution in [0, 0.1) is 6.92 Å². The number of nitrogens with one attached hydrogen (secondary N) is 2. The van der Waals surface area contributed by atoms with Gasteiger partial charge in [-0.15, -0.1) is 0 Å². The van der Waals surface area contributed by atoms with Crippen molar-refractivity contribution in [1.29, 1.82) is 0 Å². The molecule has 0 radical (unpaired) electrons. The summed E-state index contributed by atoms with van der Waals surface area (Å²) in [5.74, 6) is -1.35. The van der Waals surface area contributed by atoms with Crippen molar-refractivity contribution in [2.75, 3.05) is 25.1 Å². The molecule has 1 amide bonds. The molecule has 4 heterocycles. The van der Waals surface area contributed by atoms with Crippen LogP contribution in [0.5, 0.6) is 0 Å². The normalized spacial score (nSPS) is 18.3. The number of methoxy groups -OCH3 is 1. The van der Waals surface area contributed by atoms with Crippen LogP contribution in [0.15, 0.2) is 12.4 Å². The van der Waals surface area contributed by atoms with Crippen molar-refractivity contribution in [3.05, 3.63) is 38.7 Å². The van der Waals surface area contributed by atoms with Crippen molar-refractivity contribution in [2.24, 2.45) is 0 Å². The number of carboxylic acid groups (broad SMARTS) is 1. The van der Waals surface area contributed by atoms with Gasteiger partial charge in [0.25, 0.3) is 5.91 Å². The Morgan fingerprint density at radius 3 is 2.79 bits per heavy atom. The topological polar surface area (TPSA) is 125 Å². The molecule has 0 unspecified atom stereocenters. The van der Waals surface area contributed by atoms with Gasteiger partial charge in [-0.1, -0.05) is 34.5 Å². The number of rotatable bonds is 7. The van der Waals surface area contributed by atoms with E-state index in [4.69, 9.17) is 27.9 Å². The highest BCUT2D eigenvalue weighted by atomic mass is 35.5. The Labute approximate surface area is 207 Å². The van der Waals surface area contributed by atoms with Gasteiger partial charge in [-0.25, -0.2) is 19.2 Å². The van der Waals surface area contributed by atoms with E-state index in [1.807, 2.05) is 0 Å². The molecule has 0 spiro atoms. The molecular formula is C20H21Cl2FN6O4S. The number of alkyl halides is 1. The zero-order valence-corrected chi connectivity index (χ0v) is 20.5. The minimum Gasteiger partial charge on any atom is -0.477 e. The molecule has 14 heteroatoms. The molecule has 0 saturated carbocycles. The van der Waals surface area contributed by atoms with Crippen LogP contribution in [0.3, 0.4) is 0 Å². The van der Waals surface area contributed by atoms with Crippen LogP contribution in [0.25, 0.3) is 11.5 Å². The van der Waals surface area contributed by atoms with E-state index >= 15 is 4.39 Å². The van der Waals surface area contributed by atoms with E-state index in [9.17, 15) is 14.7 Å². The third kappa shape index (κ3) is 4.63. The molecule has 182 valence electrons. The number of nitrogens with zero attached hydrogens (tertiary/aromatic N) is 4. The number of aromatic carboxylic acids is 1. The van der Waals surface area contributed by atoms with Gasteiger partial charge >= 0.3 is 5.97 Å². The molecule has 2 atom stereocenters. The fraction of sp³-hybridized carbons (Fsp3) is 0.400. The lowest BCUT2D eigenvalue weighted by molar-refractivity contribution is 0.0702. The maximum absolute atomic E-state index is 15.1. The molecule has 1 fully saturated rings. The molecule has 3 aromatic heterocycles. The van der Waals surface area contributed by atoms with E-state index in [0.717, 1.165) is 11.3 Å². The highest BCUT2D eigenvalue weighted by Crippen LogP contribution is 2.34. The first kappa shape index (κ1) is 24.5. The third-order valence-corrected chi connectivity index (χ3v) is 7.47. The number of carboxylic acids is 1. The van der Waals surface area contributed by atoms with Crippen molar-refractivity contribution < 1.29 is 23.8 Å². The van der Waals surface area contributed by atoms with Crippen molar-refractivity contribution in [3.63, 3.8) is 0 Å². The van der Waals surface area contributed by atoms with Gasteiger partial charge in [-0.2, -0.15) is 0 Å². The molecule has 34 heavy (non-hydrogen) atoms. The minimum atomic E-state index is -1.42.